The summed E-state index contributed by atoms with van der Waals surface area (Å²) < 4.78 is 0. The van der Waals surface area contributed by atoms with Gasteiger partial charge in [0.2, 0.25) is 0 Å². The van der Waals surface area contributed by atoms with Crippen molar-refractivity contribution in [1.29, 1.82) is 0 Å². The van der Waals surface area contributed by atoms with Gasteiger partial charge in [0.1, 0.15) is 0 Å². The topological polar surface area (TPSA) is 16.1 Å². The number of nitrogens with zero attached hydrogens (tertiary/aromatic N) is 2. The Morgan fingerprint density at radius 3 is 2.61 bits per heavy atom. The molecule has 1 fully saturated rings. The smallest absolute Gasteiger partial charge is 0.0270 e. The molecule has 1 atom stereocenters. The van der Waals surface area contributed by atoms with Crippen LogP contribution in [0.25, 0.3) is 0 Å². The van der Waals surface area contributed by atoms with Gasteiger partial charge in [-0.1, -0.05) is 30.3 Å². The van der Waals surface area contributed by atoms with E-state index in [2.05, 4.69) is 52.3 Å². The van der Waals surface area contributed by atoms with Crippen molar-refractivity contribution >= 4 is 0 Å². The molecule has 2 heterocycles. The van der Waals surface area contributed by atoms with Gasteiger partial charge < -0.3 is 0 Å². The summed E-state index contributed by atoms with van der Waals surface area (Å²) in [4.78, 5) is 6.63. The second-order valence-electron chi connectivity index (χ2n) is 4.99. The van der Waals surface area contributed by atoms with Gasteiger partial charge in [0.05, 0.1) is 0 Å². The molecule has 1 aromatic carbocycles. The van der Waals surface area contributed by atoms with E-state index in [0.717, 1.165) is 6.54 Å². The zero-order chi connectivity index (χ0) is 12.2. The van der Waals surface area contributed by atoms with Gasteiger partial charge in [-0.05, 0) is 42.1 Å². The molecule has 0 radical (unpaired) electrons. The second kappa shape index (κ2) is 5.32. The van der Waals surface area contributed by atoms with Gasteiger partial charge in [0, 0.05) is 25.5 Å². The Hall–Kier alpha value is -1.67. The van der Waals surface area contributed by atoms with E-state index in [-0.39, 0.29) is 0 Å². The molecule has 1 aliphatic heterocycles. The van der Waals surface area contributed by atoms with Crippen LogP contribution in [0.5, 0.6) is 0 Å². The van der Waals surface area contributed by atoms with Crippen LogP contribution in [0.2, 0.25) is 0 Å². The van der Waals surface area contributed by atoms with Crippen molar-refractivity contribution in [2.75, 3.05) is 13.1 Å². The van der Waals surface area contributed by atoms with E-state index in [0.29, 0.717) is 5.92 Å². The van der Waals surface area contributed by atoms with E-state index in [1.807, 2.05) is 12.4 Å². The number of pyridine rings is 1. The lowest BCUT2D eigenvalue weighted by Gasteiger charge is -2.16. The third kappa shape index (κ3) is 2.59. The Morgan fingerprint density at radius 1 is 1.06 bits per heavy atom. The molecule has 0 bridgehead atoms. The predicted molar refractivity (Wildman–Crippen MR) is 73.3 cm³/mol. The number of aromatic nitrogens is 1. The quantitative estimate of drug-likeness (QED) is 0.817. The Labute approximate surface area is 108 Å². The maximum Gasteiger partial charge on any atom is 0.0270 e. The van der Waals surface area contributed by atoms with Crippen molar-refractivity contribution < 1.29 is 0 Å². The first kappa shape index (κ1) is 11.4. The van der Waals surface area contributed by atoms with Gasteiger partial charge in [0.15, 0.2) is 0 Å². The maximum absolute atomic E-state index is 4.09. The minimum Gasteiger partial charge on any atom is -0.298 e. The summed E-state index contributed by atoms with van der Waals surface area (Å²) in [5.41, 5.74) is 2.84. The summed E-state index contributed by atoms with van der Waals surface area (Å²) in [6.45, 7) is 3.43. The van der Waals surface area contributed by atoms with Crippen LogP contribution in [0.1, 0.15) is 23.5 Å². The highest BCUT2D eigenvalue weighted by molar-refractivity contribution is 5.19. The molecule has 3 rings (SSSR count). The van der Waals surface area contributed by atoms with E-state index < -0.39 is 0 Å². The fourth-order valence-corrected chi connectivity index (χ4v) is 2.73. The largest absolute Gasteiger partial charge is 0.298 e. The van der Waals surface area contributed by atoms with Gasteiger partial charge in [-0.3, -0.25) is 9.88 Å². The van der Waals surface area contributed by atoms with E-state index in [9.17, 15) is 0 Å². The van der Waals surface area contributed by atoms with Crippen LogP contribution < -0.4 is 0 Å². The van der Waals surface area contributed by atoms with Crippen LogP contribution >= 0.6 is 0 Å². The summed E-state index contributed by atoms with van der Waals surface area (Å²) in [6.07, 6.45) is 5.06. The van der Waals surface area contributed by atoms with Crippen LogP contribution in [0.15, 0.2) is 54.9 Å². The Bertz CT molecular complexity index is 481. The molecule has 0 N–H and O–H groups in total. The molecule has 0 unspecified atom stereocenters. The molecule has 18 heavy (non-hydrogen) atoms. The molecule has 1 aliphatic rings. The molecule has 0 saturated carbocycles. The average Bonchev–Trinajstić information content (AvgIpc) is 2.89. The van der Waals surface area contributed by atoms with Crippen molar-refractivity contribution in [3.63, 3.8) is 0 Å². The monoisotopic (exact) mass is 238 g/mol. The highest BCUT2D eigenvalue weighted by atomic mass is 15.1. The number of rotatable bonds is 3. The molecule has 1 saturated heterocycles. The number of benzene rings is 1. The second-order valence-corrected chi connectivity index (χ2v) is 4.99. The third-order valence-electron chi connectivity index (χ3n) is 3.70. The van der Waals surface area contributed by atoms with Crippen LogP contribution in [-0.2, 0) is 6.54 Å². The molecule has 0 spiro atoms. The maximum atomic E-state index is 4.09. The van der Waals surface area contributed by atoms with Crippen molar-refractivity contribution in [1.82, 2.24) is 9.88 Å². The summed E-state index contributed by atoms with van der Waals surface area (Å²) in [5, 5.41) is 0. The molecule has 92 valence electrons. The van der Waals surface area contributed by atoms with E-state index >= 15 is 0 Å². The average molecular weight is 238 g/mol. The molecule has 1 aromatic heterocycles. The molecular weight excluding hydrogens is 220 g/mol. The zero-order valence-electron chi connectivity index (χ0n) is 10.5. The van der Waals surface area contributed by atoms with Crippen molar-refractivity contribution in [2.45, 2.75) is 18.9 Å². The summed E-state index contributed by atoms with van der Waals surface area (Å²) in [7, 11) is 0. The molecule has 2 nitrogen and oxygen atoms in total. The van der Waals surface area contributed by atoms with Crippen LogP contribution in [0.3, 0.4) is 0 Å². The predicted octanol–water partition coefficient (Wildman–Crippen LogP) is 3.07. The first-order valence-electron chi connectivity index (χ1n) is 6.58. The van der Waals surface area contributed by atoms with E-state index in [1.54, 1.807) is 0 Å². The number of hydrogen-bond acceptors (Lipinski definition) is 2. The minimum absolute atomic E-state index is 0.678. The van der Waals surface area contributed by atoms with Gasteiger partial charge in [-0.15, -0.1) is 0 Å². The van der Waals surface area contributed by atoms with Crippen molar-refractivity contribution in [3.05, 3.63) is 66.0 Å². The highest BCUT2D eigenvalue weighted by Gasteiger charge is 2.23. The lowest BCUT2D eigenvalue weighted by molar-refractivity contribution is 0.327. The molecule has 2 aromatic rings. The molecule has 2 heteroatoms. The first-order valence-corrected chi connectivity index (χ1v) is 6.58. The van der Waals surface area contributed by atoms with Crippen LogP contribution in [-0.4, -0.2) is 23.0 Å². The Morgan fingerprint density at radius 2 is 1.83 bits per heavy atom. The van der Waals surface area contributed by atoms with Crippen molar-refractivity contribution in [2.24, 2.45) is 0 Å². The number of hydrogen-bond donors (Lipinski definition) is 0. The fourth-order valence-electron chi connectivity index (χ4n) is 2.73. The molecule has 0 aliphatic carbocycles. The van der Waals surface area contributed by atoms with E-state index in [1.165, 1.54) is 30.6 Å². The van der Waals surface area contributed by atoms with E-state index in [4.69, 9.17) is 0 Å². The van der Waals surface area contributed by atoms with Crippen molar-refractivity contribution in [3.8, 4) is 0 Å². The SMILES string of the molecule is c1ccc(CN2CC[C@@H](c3ccncc3)C2)cc1. The summed E-state index contributed by atoms with van der Waals surface area (Å²) in [5.74, 6) is 0.678. The van der Waals surface area contributed by atoms with Crippen LogP contribution in [0, 0.1) is 0 Å². The minimum atomic E-state index is 0.678. The number of likely N-dealkylation sites (tertiary alicyclic amines) is 1. The lowest BCUT2D eigenvalue weighted by atomic mass is 10.00. The summed E-state index contributed by atoms with van der Waals surface area (Å²) in [6, 6.07) is 15.0. The highest BCUT2D eigenvalue weighted by Crippen LogP contribution is 2.27. The van der Waals surface area contributed by atoms with Gasteiger partial charge in [-0.2, -0.15) is 0 Å². The lowest BCUT2D eigenvalue weighted by Crippen LogP contribution is -2.19. The Kier molecular flexibility index (Phi) is 3.37. The summed E-state index contributed by atoms with van der Waals surface area (Å²) >= 11 is 0. The van der Waals surface area contributed by atoms with Gasteiger partial charge in [0.25, 0.3) is 0 Å². The molecular formula is C16H18N2. The van der Waals surface area contributed by atoms with Crippen LogP contribution in [0.4, 0.5) is 0 Å². The first-order chi connectivity index (χ1) is 8.92. The standard InChI is InChI=1S/C16H18N2/c1-2-4-14(5-3-1)12-18-11-8-16(13-18)15-6-9-17-10-7-15/h1-7,9-10,16H,8,11-13H2/t16-/m1/s1. The van der Waals surface area contributed by atoms with Gasteiger partial charge >= 0.3 is 0 Å². The van der Waals surface area contributed by atoms with Gasteiger partial charge in [-0.25, -0.2) is 0 Å². The normalized spacial score (nSPS) is 20.1. The Balaban J connectivity index is 1.62. The molecule has 0 amide bonds. The zero-order valence-corrected chi connectivity index (χ0v) is 10.5. The fraction of sp³-hybridized carbons (Fsp3) is 0.312. The third-order valence-corrected chi connectivity index (χ3v) is 3.70.